The standard InChI is InChI=1S/C21H25N3O3S/c25-21(23-13-8-18(9-14-23)17-6-10-22-11-7-17)19-4-3-5-20(16-19)24-12-1-2-15-28(24,26)27/h3-7,10-11,16,18H,1-2,8-9,12-15H2. The summed E-state index contributed by atoms with van der Waals surface area (Å²) in [6.07, 6.45) is 7.02. The number of piperidine rings is 1. The van der Waals surface area contributed by atoms with Gasteiger partial charge >= 0.3 is 0 Å². The third kappa shape index (κ3) is 3.90. The minimum absolute atomic E-state index is 0.0237. The van der Waals surface area contributed by atoms with E-state index < -0.39 is 10.0 Å². The Morgan fingerprint density at radius 1 is 1.00 bits per heavy atom. The Morgan fingerprint density at radius 2 is 1.75 bits per heavy atom. The highest BCUT2D eigenvalue weighted by molar-refractivity contribution is 7.92. The average Bonchev–Trinajstić information content (AvgIpc) is 2.74. The first-order valence-corrected chi connectivity index (χ1v) is 11.5. The minimum atomic E-state index is -3.28. The molecule has 1 aromatic carbocycles. The monoisotopic (exact) mass is 399 g/mol. The van der Waals surface area contributed by atoms with Crippen molar-refractivity contribution in [2.24, 2.45) is 0 Å². The number of anilines is 1. The van der Waals surface area contributed by atoms with E-state index in [0.29, 0.717) is 43.2 Å². The van der Waals surface area contributed by atoms with Crippen LogP contribution in [0, 0.1) is 0 Å². The summed E-state index contributed by atoms with van der Waals surface area (Å²) in [5.74, 6) is 0.606. The Balaban J connectivity index is 1.46. The van der Waals surface area contributed by atoms with Crippen molar-refractivity contribution >= 4 is 21.6 Å². The van der Waals surface area contributed by atoms with Gasteiger partial charge in [0.2, 0.25) is 10.0 Å². The van der Waals surface area contributed by atoms with Gasteiger partial charge in [0.05, 0.1) is 11.4 Å². The number of sulfonamides is 1. The second-order valence-electron chi connectivity index (χ2n) is 7.49. The topological polar surface area (TPSA) is 70.6 Å². The van der Waals surface area contributed by atoms with E-state index in [1.807, 2.05) is 29.4 Å². The van der Waals surface area contributed by atoms with Gasteiger partial charge in [-0.15, -0.1) is 0 Å². The van der Waals surface area contributed by atoms with Crippen LogP contribution in [0.3, 0.4) is 0 Å². The molecule has 2 fully saturated rings. The van der Waals surface area contributed by atoms with Gasteiger partial charge in [-0.2, -0.15) is 0 Å². The molecule has 0 atom stereocenters. The molecule has 28 heavy (non-hydrogen) atoms. The maximum atomic E-state index is 13.0. The summed E-state index contributed by atoms with van der Waals surface area (Å²) >= 11 is 0. The molecule has 1 amide bonds. The van der Waals surface area contributed by atoms with Crippen molar-refractivity contribution in [1.82, 2.24) is 9.88 Å². The molecule has 4 rings (SSSR count). The van der Waals surface area contributed by atoms with Gasteiger partial charge in [0.15, 0.2) is 0 Å². The van der Waals surface area contributed by atoms with E-state index in [0.717, 1.165) is 19.3 Å². The summed E-state index contributed by atoms with van der Waals surface area (Å²) in [7, 11) is -3.28. The number of likely N-dealkylation sites (tertiary alicyclic amines) is 1. The van der Waals surface area contributed by atoms with Crippen molar-refractivity contribution in [3.05, 3.63) is 59.9 Å². The molecule has 0 radical (unpaired) electrons. The van der Waals surface area contributed by atoms with Gasteiger partial charge in [-0.25, -0.2) is 8.42 Å². The Morgan fingerprint density at radius 3 is 2.46 bits per heavy atom. The largest absolute Gasteiger partial charge is 0.339 e. The zero-order valence-electron chi connectivity index (χ0n) is 15.8. The number of aromatic nitrogens is 1. The Labute approximate surface area is 166 Å². The number of hydrogen-bond acceptors (Lipinski definition) is 4. The first-order valence-electron chi connectivity index (χ1n) is 9.84. The summed E-state index contributed by atoms with van der Waals surface area (Å²) in [4.78, 5) is 18.9. The zero-order valence-corrected chi connectivity index (χ0v) is 16.6. The number of pyridine rings is 1. The fourth-order valence-electron chi connectivity index (χ4n) is 4.11. The molecule has 6 nitrogen and oxygen atoms in total. The van der Waals surface area contributed by atoms with Crippen LogP contribution in [0.25, 0.3) is 0 Å². The molecule has 0 aliphatic carbocycles. The number of carbonyl (C=O) groups is 1. The Bertz CT molecular complexity index is 938. The number of rotatable bonds is 3. The van der Waals surface area contributed by atoms with Gasteiger partial charge in [0.1, 0.15) is 0 Å². The van der Waals surface area contributed by atoms with Gasteiger partial charge in [-0.05, 0) is 67.5 Å². The van der Waals surface area contributed by atoms with Crippen molar-refractivity contribution in [3.63, 3.8) is 0 Å². The van der Waals surface area contributed by atoms with Gasteiger partial charge in [-0.1, -0.05) is 6.07 Å². The van der Waals surface area contributed by atoms with Gasteiger partial charge in [0, 0.05) is 37.6 Å². The molecule has 2 aromatic rings. The second kappa shape index (κ2) is 7.91. The first kappa shape index (κ1) is 18.9. The minimum Gasteiger partial charge on any atom is -0.339 e. The van der Waals surface area contributed by atoms with E-state index in [1.165, 1.54) is 9.87 Å². The SMILES string of the molecule is O=C(c1cccc(N2CCCCS2(=O)=O)c1)N1CCC(c2ccncc2)CC1. The normalized spacial score (nSPS) is 20.1. The highest BCUT2D eigenvalue weighted by Crippen LogP contribution is 2.29. The van der Waals surface area contributed by atoms with Crippen molar-refractivity contribution in [2.45, 2.75) is 31.6 Å². The smallest absolute Gasteiger partial charge is 0.253 e. The molecule has 2 aliphatic rings. The number of hydrogen-bond donors (Lipinski definition) is 0. The Kier molecular flexibility index (Phi) is 5.35. The fourth-order valence-corrected chi connectivity index (χ4v) is 5.74. The van der Waals surface area contributed by atoms with Crippen LogP contribution in [-0.4, -0.2) is 49.6 Å². The van der Waals surface area contributed by atoms with E-state index in [4.69, 9.17) is 0 Å². The van der Waals surface area contributed by atoms with Crippen LogP contribution in [-0.2, 0) is 10.0 Å². The van der Waals surface area contributed by atoms with E-state index in [1.54, 1.807) is 24.3 Å². The van der Waals surface area contributed by atoms with Crippen molar-refractivity contribution in [3.8, 4) is 0 Å². The molecule has 2 aliphatic heterocycles. The predicted octanol–water partition coefficient (Wildman–Crippen LogP) is 3.03. The van der Waals surface area contributed by atoms with Crippen LogP contribution in [0.15, 0.2) is 48.8 Å². The molecular weight excluding hydrogens is 374 g/mol. The summed E-state index contributed by atoms with van der Waals surface area (Å²) in [5, 5.41) is 0. The van der Waals surface area contributed by atoms with Gasteiger partial charge in [-0.3, -0.25) is 14.1 Å². The van der Waals surface area contributed by atoms with Crippen LogP contribution in [0.2, 0.25) is 0 Å². The molecule has 0 N–H and O–H groups in total. The number of nitrogens with zero attached hydrogens (tertiary/aromatic N) is 3. The maximum absolute atomic E-state index is 13.0. The molecule has 0 unspecified atom stereocenters. The molecule has 2 saturated heterocycles. The Hall–Kier alpha value is -2.41. The van der Waals surface area contributed by atoms with Crippen molar-refractivity contribution in [1.29, 1.82) is 0 Å². The van der Waals surface area contributed by atoms with Crippen LogP contribution in [0.5, 0.6) is 0 Å². The predicted molar refractivity (Wildman–Crippen MR) is 109 cm³/mol. The molecule has 3 heterocycles. The van der Waals surface area contributed by atoms with Crippen LogP contribution >= 0.6 is 0 Å². The molecule has 0 spiro atoms. The molecule has 148 valence electrons. The second-order valence-corrected chi connectivity index (χ2v) is 9.51. The lowest BCUT2D eigenvalue weighted by Crippen LogP contribution is -2.39. The highest BCUT2D eigenvalue weighted by Gasteiger charge is 2.28. The zero-order chi connectivity index (χ0) is 19.6. The summed E-state index contributed by atoms with van der Waals surface area (Å²) < 4.78 is 26.2. The van der Waals surface area contributed by atoms with E-state index in [-0.39, 0.29) is 11.7 Å². The summed E-state index contributed by atoms with van der Waals surface area (Å²) in [6.45, 7) is 1.90. The van der Waals surface area contributed by atoms with Crippen molar-refractivity contribution in [2.75, 3.05) is 29.7 Å². The quantitative estimate of drug-likeness (QED) is 0.795. The molecule has 0 saturated carbocycles. The number of benzene rings is 1. The van der Waals surface area contributed by atoms with Crippen LogP contribution < -0.4 is 4.31 Å². The fraction of sp³-hybridized carbons (Fsp3) is 0.429. The molecular formula is C21H25N3O3S. The van der Waals surface area contributed by atoms with Crippen LogP contribution in [0.1, 0.15) is 47.5 Å². The lowest BCUT2D eigenvalue weighted by Gasteiger charge is -2.33. The number of amides is 1. The molecule has 1 aromatic heterocycles. The third-order valence-corrected chi connectivity index (χ3v) is 7.56. The first-order chi connectivity index (χ1) is 13.5. The van der Waals surface area contributed by atoms with Gasteiger partial charge < -0.3 is 4.90 Å². The van der Waals surface area contributed by atoms with Gasteiger partial charge in [0.25, 0.3) is 5.91 Å². The number of carbonyl (C=O) groups excluding carboxylic acids is 1. The average molecular weight is 400 g/mol. The van der Waals surface area contributed by atoms with E-state index in [9.17, 15) is 13.2 Å². The molecule has 0 bridgehead atoms. The lowest BCUT2D eigenvalue weighted by molar-refractivity contribution is 0.0713. The summed E-state index contributed by atoms with van der Waals surface area (Å²) in [5.41, 5.74) is 2.43. The summed E-state index contributed by atoms with van der Waals surface area (Å²) in [6, 6.07) is 11.1. The van der Waals surface area contributed by atoms with Crippen molar-refractivity contribution < 1.29 is 13.2 Å². The maximum Gasteiger partial charge on any atom is 0.253 e. The highest BCUT2D eigenvalue weighted by atomic mass is 32.2. The lowest BCUT2D eigenvalue weighted by atomic mass is 9.90. The van der Waals surface area contributed by atoms with Crippen LogP contribution in [0.4, 0.5) is 5.69 Å². The third-order valence-electron chi connectivity index (χ3n) is 5.69. The van der Waals surface area contributed by atoms with E-state index in [2.05, 4.69) is 4.98 Å². The molecule has 7 heteroatoms. The van der Waals surface area contributed by atoms with E-state index >= 15 is 0 Å².